The van der Waals surface area contributed by atoms with Crippen LogP contribution in [0.15, 0.2) is 12.2 Å². The second-order valence-electron chi connectivity index (χ2n) is 26.6. The number of rotatable bonds is 38. The molecule has 0 aromatic rings. The van der Waals surface area contributed by atoms with Crippen LogP contribution in [0.5, 0.6) is 0 Å². The van der Waals surface area contributed by atoms with E-state index in [-0.39, 0.29) is 61.2 Å². The molecule has 0 saturated carbocycles. The third kappa shape index (κ3) is 25.6. The van der Waals surface area contributed by atoms with E-state index in [4.69, 9.17) is 9.47 Å². The topological polar surface area (TPSA) is 303 Å². The van der Waals surface area contributed by atoms with Gasteiger partial charge in [0.1, 0.15) is 67.0 Å². The Kier molecular flexibility index (Phi) is 36.6. The number of likely N-dealkylation sites (N-methyl/N-ethyl adjacent to an activating group) is 7. The Morgan fingerprint density at radius 1 is 0.467 bits per heavy atom. The lowest BCUT2D eigenvalue weighted by molar-refractivity contribution is -0.164. The van der Waals surface area contributed by atoms with Crippen molar-refractivity contribution >= 4 is 71.0 Å². The molecule has 516 valence electrons. The number of allylic oxidation sites excluding steroid dienone is 2. The molecule has 0 spiro atoms. The van der Waals surface area contributed by atoms with E-state index in [0.29, 0.717) is 12.8 Å². The molecule has 0 fully saturated rings. The minimum Gasteiger partial charge on any atom is -0.468 e. The molecule has 25 nitrogen and oxygen atoms in total. The van der Waals surface area contributed by atoms with Gasteiger partial charge in [-0.15, -0.1) is 0 Å². The highest BCUT2D eigenvalue weighted by Gasteiger charge is 2.46. The van der Waals surface area contributed by atoms with Gasteiger partial charge >= 0.3 is 11.9 Å². The van der Waals surface area contributed by atoms with Crippen molar-refractivity contribution in [2.45, 2.75) is 230 Å². The van der Waals surface area contributed by atoms with Crippen molar-refractivity contribution in [2.75, 3.05) is 63.0 Å². The van der Waals surface area contributed by atoms with Gasteiger partial charge in [0.2, 0.25) is 59.1 Å². The molecule has 0 aromatic carbocycles. The van der Waals surface area contributed by atoms with Crippen LogP contribution >= 0.6 is 0 Å². The van der Waals surface area contributed by atoms with Gasteiger partial charge in [0, 0.05) is 49.2 Å². The van der Waals surface area contributed by atoms with Gasteiger partial charge in [-0.05, 0) is 108 Å². The van der Waals surface area contributed by atoms with Crippen LogP contribution in [-0.4, -0.2) is 230 Å². The van der Waals surface area contributed by atoms with Gasteiger partial charge in [0.15, 0.2) is 0 Å². The minimum absolute atomic E-state index is 0.0684. The van der Waals surface area contributed by atoms with E-state index in [1.54, 1.807) is 61.6 Å². The predicted octanol–water partition coefficient (Wildman–Crippen LogP) is 3.76. The lowest BCUT2D eigenvalue weighted by atomic mass is 9.91. The fourth-order valence-corrected chi connectivity index (χ4v) is 10.7. The Bertz CT molecular complexity index is 2430. The summed E-state index contributed by atoms with van der Waals surface area (Å²) in [5.74, 6) is -9.41. The summed E-state index contributed by atoms with van der Waals surface area (Å²) in [5.41, 5.74) is 0. The van der Waals surface area contributed by atoms with Crippen LogP contribution in [0, 0.1) is 41.4 Å². The van der Waals surface area contributed by atoms with Crippen molar-refractivity contribution in [2.24, 2.45) is 41.4 Å². The molecular formula is C65H117N11O14. The first-order valence-electron chi connectivity index (χ1n) is 31.9. The van der Waals surface area contributed by atoms with Crippen molar-refractivity contribution < 1.29 is 67.0 Å². The molecule has 0 aliphatic carbocycles. The van der Waals surface area contributed by atoms with E-state index in [0.717, 1.165) is 9.80 Å². The van der Waals surface area contributed by atoms with Crippen LogP contribution in [0.1, 0.15) is 163 Å². The summed E-state index contributed by atoms with van der Waals surface area (Å²) in [6.07, 6.45) is 3.74. The van der Waals surface area contributed by atoms with Crippen molar-refractivity contribution in [3.05, 3.63) is 12.2 Å². The summed E-state index contributed by atoms with van der Waals surface area (Å²) in [6, 6.07) is -11.4. The fraction of sp³-hybridized carbons (Fsp3) is 0.785. The summed E-state index contributed by atoms with van der Waals surface area (Å²) in [5, 5.41) is 14.0. The molecule has 10 amide bonds. The first kappa shape index (κ1) is 83.3. The zero-order valence-corrected chi connectivity index (χ0v) is 59.4. The predicted molar refractivity (Wildman–Crippen MR) is 346 cm³/mol. The summed E-state index contributed by atoms with van der Waals surface area (Å²) >= 11 is 0. The van der Waals surface area contributed by atoms with Crippen molar-refractivity contribution in [3.63, 3.8) is 0 Å². The zero-order chi connectivity index (χ0) is 70.1. The Morgan fingerprint density at radius 2 is 0.922 bits per heavy atom. The maximum atomic E-state index is 15.2. The Balaban J connectivity index is 7.17. The number of hydrogen-bond donors (Lipinski definition) is 5. The summed E-state index contributed by atoms with van der Waals surface area (Å²) in [4.78, 5) is 176. The molecule has 12 atom stereocenters. The van der Waals surface area contributed by atoms with E-state index in [1.165, 1.54) is 89.8 Å². The highest BCUT2D eigenvalue weighted by Crippen LogP contribution is 2.27. The van der Waals surface area contributed by atoms with Gasteiger partial charge in [0.05, 0.1) is 13.2 Å². The second-order valence-corrected chi connectivity index (χ2v) is 26.6. The molecule has 90 heavy (non-hydrogen) atoms. The summed E-state index contributed by atoms with van der Waals surface area (Å²) < 4.78 is 10.6. The average Bonchev–Trinajstić information content (AvgIpc) is 0.992. The van der Waals surface area contributed by atoms with E-state index >= 15 is 14.4 Å². The summed E-state index contributed by atoms with van der Waals surface area (Å²) in [6.45, 7) is 31.1. The fourth-order valence-electron chi connectivity index (χ4n) is 10.7. The molecule has 25 heteroatoms. The standard InChI is InChI=1S/C65H117N11O14/c1-27-29-30-42(15)55(90-45(18)77)54(59(82)69-46(28-2)61(84)71(20)35-51(78)89-26)76(25)65(88)53(41(13)14)75(24)63(86)50(34-39(9)10)74(23)62(85)49(33-38(7)8)73(22)60(83)44(17)68-56(79)43(16)67-58(81)48(32-37(5)6)72(21)64(87)52(40(11)12)70-57(80)47(66-19)31-36(3)4/h27,29,36-44,46-50,52-55,66H,28,30-35H2,1-26H3,(H,67,81)(H,68,79)(H,69,82)(H,70,80)/b29-27+/t42-,43+,44-,46+,47+,48-,49+,50+,52+,53+,54+,55-/m1/s1. The molecule has 0 radical (unpaired) electrons. The van der Waals surface area contributed by atoms with E-state index in [9.17, 15) is 43.2 Å². The molecule has 0 aliphatic heterocycles. The number of esters is 2. The maximum absolute atomic E-state index is 15.2. The monoisotopic (exact) mass is 1280 g/mol. The molecule has 0 unspecified atom stereocenters. The Hall–Kier alpha value is -6.66. The van der Waals surface area contributed by atoms with Crippen LogP contribution in [0.2, 0.25) is 0 Å². The number of carbonyl (C=O) groups is 12. The van der Waals surface area contributed by atoms with Gasteiger partial charge in [-0.1, -0.05) is 109 Å². The molecule has 5 N–H and O–H groups in total. The SMILES string of the molecule is C/C=C/C[C@@H](C)[C@@H](OC(C)=O)[C@@H](C(=O)N[C@@H](CC)C(=O)N(C)CC(=O)OC)N(C)C(=O)[C@H](C(C)C)N(C)C(=O)[C@H](CC(C)C)N(C)C(=O)[C@H](CC(C)C)N(C)C(=O)[C@@H](C)NC(=O)[C@H](C)NC(=O)[C@@H](CC(C)C)N(C)C(=O)[C@@H](NC(=O)[C@H](CC(C)C)NC)C(C)C. The van der Waals surface area contributed by atoms with Crippen LogP contribution in [0.3, 0.4) is 0 Å². The first-order chi connectivity index (χ1) is 41.6. The highest BCUT2D eigenvalue weighted by atomic mass is 16.5. The number of carbonyl (C=O) groups excluding carboxylic acids is 12. The van der Waals surface area contributed by atoms with Crippen molar-refractivity contribution in [1.29, 1.82) is 0 Å². The van der Waals surface area contributed by atoms with Gasteiger partial charge < -0.3 is 65.5 Å². The van der Waals surface area contributed by atoms with Crippen LogP contribution < -0.4 is 26.6 Å². The van der Waals surface area contributed by atoms with E-state index in [2.05, 4.69) is 26.6 Å². The van der Waals surface area contributed by atoms with Crippen LogP contribution in [0.25, 0.3) is 0 Å². The van der Waals surface area contributed by atoms with Gasteiger partial charge in [-0.2, -0.15) is 0 Å². The molecule has 0 aliphatic rings. The molecule has 0 bridgehead atoms. The highest BCUT2D eigenvalue weighted by molar-refractivity contribution is 5.99. The molecule has 0 heterocycles. The van der Waals surface area contributed by atoms with Crippen LogP contribution in [0.4, 0.5) is 0 Å². The van der Waals surface area contributed by atoms with Gasteiger partial charge in [-0.3, -0.25) is 57.5 Å². The average molecular weight is 1280 g/mol. The smallest absolute Gasteiger partial charge is 0.325 e. The summed E-state index contributed by atoms with van der Waals surface area (Å²) in [7, 11) is 11.4. The van der Waals surface area contributed by atoms with E-state index < -0.39 is 150 Å². The Morgan fingerprint density at radius 3 is 1.36 bits per heavy atom. The Labute approximate surface area is 538 Å². The number of ether oxygens (including phenoxy) is 2. The number of methoxy groups -OCH3 is 1. The zero-order valence-electron chi connectivity index (χ0n) is 59.4. The molecule has 0 aromatic heterocycles. The minimum atomic E-state index is -1.56. The van der Waals surface area contributed by atoms with Crippen molar-refractivity contribution in [1.82, 2.24) is 56.0 Å². The third-order valence-corrected chi connectivity index (χ3v) is 16.1. The lowest BCUT2D eigenvalue weighted by Crippen LogP contribution is -2.64. The molecule has 0 rings (SSSR count). The number of nitrogens with zero attached hydrogens (tertiary/aromatic N) is 6. The lowest BCUT2D eigenvalue weighted by Gasteiger charge is -2.42. The number of hydrogen-bond acceptors (Lipinski definition) is 15. The second kappa shape index (κ2) is 39.6. The van der Waals surface area contributed by atoms with Gasteiger partial charge in [0.25, 0.3) is 0 Å². The van der Waals surface area contributed by atoms with Crippen LogP contribution in [-0.2, 0) is 67.0 Å². The number of nitrogens with one attached hydrogen (secondary N) is 5. The van der Waals surface area contributed by atoms with Crippen molar-refractivity contribution in [3.8, 4) is 0 Å². The molecule has 0 saturated heterocycles. The quantitative estimate of drug-likeness (QED) is 0.0434. The first-order valence-corrected chi connectivity index (χ1v) is 31.9. The number of amides is 10. The van der Waals surface area contributed by atoms with Gasteiger partial charge in [-0.25, -0.2) is 0 Å². The molecular weight excluding hydrogens is 1160 g/mol. The largest absolute Gasteiger partial charge is 0.468 e. The maximum Gasteiger partial charge on any atom is 0.325 e. The normalized spacial score (nSPS) is 15.7. The third-order valence-electron chi connectivity index (χ3n) is 16.1. The van der Waals surface area contributed by atoms with E-state index in [1.807, 2.05) is 61.5 Å².